The summed E-state index contributed by atoms with van der Waals surface area (Å²) in [6, 6.07) is 21.7. The molecule has 3 atom stereocenters. The Hall–Kier alpha value is -2.22. The van der Waals surface area contributed by atoms with Gasteiger partial charge in [0.2, 0.25) is 0 Å². The molecule has 1 N–H and O–H groups in total. The molecule has 7 heteroatoms. The highest BCUT2D eigenvalue weighted by Gasteiger charge is 2.51. The van der Waals surface area contributed by atoms with Gasteiger partial charge in [0.1, 0.15) is 5.60 Å². The second-order valence-electron chi connectivity index (χ2n) is 13.5. The average Bonchev–Trinajstić information content (AvgIpc) is 3.23. The first kappa shape index (κ1) is 30.7. The Balaban J connectivity index is 1.63. The number of fused-ring (bicyclic) bond motifs is 1. The standard InChI is InChI=1S/C33H48N2O3SSi/c1-32(2,3)38-31(36)34-22-21-26(35-23-25-15-13-14-20-29(25)30(35)39)24-37-40(33(4,5)6,27-16-9-7-10-17-27)28-18-11-8-12-19-28/h7-12,16-19,25-26,29H,13-15,20-24H2,1-6H3,(H,34,36)/t25-,26+,29-/m0/s1. The van der Waals surface area contributed by atoms with E-state index in [9.17, 15) is 4.79 Å². The molecule has 1 saturated heterocycles. The van der Waals surface area contributed by atoms with Gasteiger partial charge in [0, 0.05) is 19.0 Å². The highest BCUT2D eigenvalue weighted by atomic mass is 32.1. The van der Waals surface area contributed by atoms with E-state index in [1.54, 1.807) is 0 Å². The molecule has 1 heterocycles. The zero-order valence-electron chi connectivity index (χ0n) is 25.2. The quantitative estimate of drug-likeness (QED) is 0.279. The van der Waals surface area contributed by atoms with E-state index in [2.05, 4.69) is 91.7 Å². The lowest BCUT2D eigenvalue weighted by Crippen LogP contribution is -2.67. The largest absolute Gasteiger partial charge is 0.444 e. The van der Waals surface area contributed by atoms with Crippen LogP contribution in [0.15, 0.2) is 60.7 Å². The third-order valence-corrected chi connectivity index (χ3v) is 14.0. The number of carbonyl (C=O) groups is 1. The van der Waals surface area contributed by atoms with Crippen molar-refractivity contribution in [2.45, 2.75) is 90.3 Å². The number of benzene rings is 2. The fourth-order valence-corrected chi connectivity index (χ4v) is 11.7. The van der Waals surface area contributed by atoms with Gasteiger partial charge in [-0.1, -0.05) is 106 Å². The molecule has 0 bridgehead atoms. The number of rotatable bonds is 9. The predicted octanol–water partition coefficient (Wildman–Crippen LogP) is 6.30. The lowest BCUT2D eigenvalue weighted by molar-refractivity contribution is 0.0521. The molecule has 1 amide bonds. The molecule has 2 aromatic rings. The van der Waals surface area contributed by atoms with E-state index in [0.29, 0.717) is 25.0 Å². The Labute approximate surface area is 248 Å². The lowest BCUT2D eigenvalue weighted by atomic mass is 9.82. The fraction of sp³-hybridized carbons (Fsp3) is 0.576. The highest BCUT2D eigenvalue weighted by molar-refractivity contribution is 7.80. The SMILES string of the molecule is CC(C)(C)OC(=O)NCC[C@H](CO[Si](c1ccccc1)(c1ccccc1)C(C)(C)C)N1C[C@@H]2CCCC[C@@H]2C1=S. The minimum atomic E-state index is -2.70. The van der Waals surface area contributed by atoms with Crippen LogP contribution in [0.5, 0.6) is 0 Å². The molecule has 40 heavy (non-hydrogen) atoms. The Morgan fingerprint density at radius 3 is 2.08 bits per heavy atom. The molecule has 0 spiro atoms. The van der Waals surface area contributed by atoms with E-state index in [1.807, 2.05) is 20.8 Å². The molecule has 1 aliphatic heterocycles. The van der Waals surface area contributed by atoms with Crippen LogP contribution in [0.25, 0.3) is 0 Å². The minimum Gasteiger partial charge on any atom is -0.444 e. The highest BCUT2D eigenvalue weighted by Crippen LogP contribution is 2.40. The summed E-state index contributed by atoms with van der Waals surface area (Å²) in [5.74, 6) is 1.13. The first-order valence-corrected chi connectivity index (χ1v) is 17.3. The maximum Gasteiger partial charge on any atom is 0.407 e. The van der Waals surface area contributed by atoms with Crippen LogP contribution >= 0.6 is 12.2 Å². The fourth-order valence-electron chi connectivity index (χ4n) is 6.60. The molecule has 2 aromatic carbocycles. The third-order valence-electron chi connectivity index (χ3n) is 8.44. The van der Waals surface area contributed by atoms with Crippen molar-refractivity contribution in [3.8, 4) is 0 Å². The van der Waals surface area contributed by atoms with Crippen LogP contribution in [0.3, 0.4) is 0 Å². The number of nitrogens with one attached hydrogen (secondary N) is 1. The van der Waals surface area contributed by atoms with Gasteiger partial charge >= 0.3 is 6.09 Å². The van der Waals surface area contributed by atoms with Crippen LogP contribution in [0, 0.1) is 11.8 Å². The normalized spacial score (nSPS) is 20.6. The Kier molecular flexibility index (Phi) is 9.79. The van der Waals surface area contributed by atoms with Gasteiger partial charge in [-0.3, -0.25) is 0 Å². The van der Waals surface area contributed by atoms with Crippen LogP contribution < -0.4 is 15.7 Å². The molecule has 0 radical (unpaired) electrons. The Bertz CT molecular complexity index is 1090. The molecule has 0 unspecified atom stereocenters. The molecule has 0 aromatic heterocycles. The smallest absolute Gasteiger partial charge is 0.407 e. The zero-order valence-corrected chi connectivity index (χ0v) is 27.1. The van der Waals surface area contributed by atoms with Crippen LogP contribution in [-0.4, -0.2) is 55.6 Å². The molecule has 2 fully saturated rings. The number of ether oxygens (including phenoxy) is 1. The molecule has 2 aliphatic rings. The molecule has 218 valence electrons. The summed E-state index contributed by atoms with van der Waals surface area (Å²) in [5.41, 5.74) is -0.526. The Morgan fingerprint density at radius 1 is 0.975 bits per heavy atom. The number of alkyl carbamates (subject to hydrolysis) is 1. The van der Waals surface area contributed by atoms with Gasteiger partial charge in [-0.25, -0.2) is 4.79 Å². The minimum absolute atomic E-state index is 0.0784. The summed E-state index contributed by atoms with van der Waals surface area (Å²) in [6.07, 6.45) is 5.37. The molecular formula is C33H48N2O3SSi. The summed E-state index contributed by atoms with van der Waals surface area (Å²) in [6.45, 7) is 14.7. The van der Waals surface area contributed by atoms with E-state index < -0.39 is 13.9 Å². The lowest BCUT2D eigenvalue weighted by Gasteiger charge is -2.44. The van der Waals surface area contributed by atoms with Crippen LogP contribution in [0.1, 0.15) is 73.6 Å². The summed E-state index contributed by atoms with van der Waals surface area (Å²) < 4.78 is 12.9. The van der Waals surface area contributed by atoms with Crippen LogP contribution in [0.2, 0.25) is 5.04 Å². The maximum absolute atomic E-state index is 12.5. The van der Waals surface area contributed by atoms with Crippen molar-refractivity contribution in [1.29, 1.82) is 0 Å². The number of carbonyl (C=O) groups excluding carboxylic acids is 1. The van der Waals surface area contributed by atoms with Gasteiger partial charge < -0.3 is 19.4 Å². The maximum atomic E-state index is 12.5. The van der Waals surface area contributed by atoms with Crippen LogP contribution in [-0.2, 0) is 9.16 Å². The second-order valence-corrected chi connectivity index (χ2v) is 18.2. The summed E-state index contributed by atoms with van der Waals surface area (Å²) in [5, 5.41) is 5.43. The molecule has 1 saturated carbocycles. The van der Waals surface area contributed by atoms with E-state index >= 15 is 0 Å². The number of nitrogens with zero attached hydrogens (tertiary/aromatic N) is 1. The summed E-state index contributed by atoms with van der Waals surface area (Å²) in [7, 11) is -2.70. The van der Waals surface area contributed by atoms with Crippen molar-refractivity contribution < 1.29 is 14.0 Å². The van der Waals surface area contributed by atoms with Crippen molar-refractivity contribution in [3.05, 3.63) is 60.7 Å². The number of hydrogen-bond donors (Lipinski definition) is 1. The summed E-state index contributed by atoms with van der Waals surface area (Å²) >= 11 is 6.13. The monoisotopic (exact) mass is 580 g/mol. The second kappa shape index (κ2) is 12.7. The van der Waals surface area contributed by atoms with E-state index in [-0.39, 0.29) is 17.2 Å². The first-order chi connectivity index (χ1) is 18.9. The number of likely N-dealkylation sites (tertiary alicyclic amines) is 1. The number of hydrogen-bond acceptors (Lipinski definition) is 4. The van der Waals surface area contributed by atoms with E-state index in [0.717, 1.165) is 18.0 Å². The van der Waals surface area contributed by atoms with Crippen LogP contribution in [0.4, 0.5) is 4.79 Å². The predicted molar refractivity (Wildman–Crippen MR) is 171 cm³/mol. The van der Waals surface area contributed by atoms with Crippen molar-refractivity contribution in [2.75, 3.05) is 19.7 Å². The summed E-state index contributed by atoms with van der Waals surface area (Å²) in [4.78, 5) is 16.0. The van der Waals surface area contributed by atoms with Gasteiger partial charge in [0.25, 0.3) is 8.32 Å². The van der Waals surface area contributed by atoms with Gasteiger partial charge in [-0.2, -0.15) is 0 Å². The van der Waals surface area contributed by atoms with E-state index in [1.165, 1.54) is 36.1 Å². The van der Waals surface area contributed by atoms with Gasteiger partial charge in [-0.15, -0.1) is 0 Å². The van der Waals surface area contributed by atoms with Gasteiger partial charge in [0.05, 0.1) is 17.6 Å². The molecule has 1 aliphatic carbocycles. The number of thiocarbonyl (C=S) groups is 1. The van der Waals surface area contributed by atoms with Gasteiger partial charge in [-0.05, 0) is 61.4 Å². The van der Waals surface area contributed by atoms with Gasteiger partial charge in [0.15, 0.2) is 0 Å². The zero-order chi connectivity index (χ0) is 29.0. The average molecular weight is 581 g/mol. The van der Waals surface area contributed by atoms with E-state index in [4.69, 9.17) is 21.4 Å². The topological polar surface area (TPSA) is 50.8 Å². The van der Waals surface area contributed by atoms with Crippen molar-refractivity contribution in [1.82, 2.24) is 10.2 Å². The molecule has 5 nitrogen and oxygen atoms in total. The van der Waals surface area contributed by atoms with Crippen molar-refractivity contribution in [2.24, 2.45) is 11.8 Å². The molecule has 4 rings (SSSR count). The molecular weight excluding hydrogens is 533 g/mol. The first-order valence-electron chi connectivity index (χ1n) is 14.9. The third kappa shape index (κ3) is 6.97. The Morgan fingerprint density at radius 2 is 1.55 bits per heavy atom. The van der Waals surface area contributed by atoms with Crippen molar-refractivity contribution >= 4 is 42.0 Å². The number of amides is 1. The van der Waals surface area contributed by atoms with Crippen molar-refractivity contribution in [3.63, 3.8) is 0 Å².